The molecule has 0 saturated heterocycles. The van der Waals surface area contributed by atoms with Crippen LogP contribution in [0.1, 0.15) is 30.5 Å². The van der Waals surface area contributed by atoms with Crippen LogP contribution in [0, 0.1) is 6.92 Å². The summed E-state index contributed by atoms with van der Waals surface area (Å²) in [4.78, 5) is 8.69. The average Bonchev–Trinajstić information content (AvgIpc) is 2.59. The van der Waals surface area contributed by atoms with Crippen molar-refractivity contribution in [1.29, 1.82) is 0 Å². The summed E-state index contributed by atoms with van der Waals surface area (Å²) in [6.45, 7) is 2.82. The zero-order valence-corrected chi connectivity index (χ0v) is 14.0. The zero-order valence-electron chi connectivity index (χ0n) is 14.0. The SMILES string of the molecule is Cc1ccc(OCCCCCc2nc(N)nc3ccccc23)cc1. The van der Waals surface area contributed by atoms with E-state index in [1.807, 2.05) is 30.3 Å². The predicted octanol–water partition coefficient (Wildman–Crippen LogP) is 4.31. The van der Waals surface area contributed by atoms with Crippen LogP contribution in [0.25, 0.3) is 10.9 Å². The molecule has 0 saturated carbocycles. The van der Waals surface area contributed by atoms with Crippen molar-refractivity contribution < 1.29 is 4.74 Å². The van der Waals surface area contributed by atoms with Crippen LogP contribution >= 0.6 is 0 Å². The van der Waals surface area contributed by atoms with E-state index in [9.17, 15) is 0 Å². The highest BCUT2D eigenvalue weighted by atomic mass is 16.5. The van der Waals surface area contributed by atoms with Crippen molar-refractivity contribution in [2.24, 2.45) is 0 Å². The third kappa shape index (κ3) is 4.22. The maximum atomic E-state index is 5.81. The van der Waals surface area contributed by atoms with Gasteiger partial charge in [-0.25, -0.2) is 9.97 Å². The number of nitrogen functional groups attached to an aromatic ring is 1. The molecule has 3 aromatic rings. The predicted molar refractivity (Wildman–Crippen MR) is 98.2 cm³/mol. The van der Waals surface area contributed by atoms with Crippen molar-refractivity contribution in [3.63, 3.8) is 0 Å². The molecule has 0 amide bonds. The lowest BCUT2D eigenvalue weighted by Gasteiger charge is -2.08. The highest BCUT2D eigenvalue weighted by Crippen LogP contribution is 2.18. The number of hydrogen-bond donors (Lipinski definition) is 1. The van der Waals surface area contributed by atoms with Crippen molar-refractivity contribution in [2.75, 3.05) is 12.3 Å². The summed E-state index contributed by atoms with van der Waals surface area (Å²) < 4.78 is 5.76. The van der Waals surface area contributed by atoms with E-state index in [0.29, 0.717) is 5.95 Å². The van der Waals surface area contributed by atoms with Crippen molar-refractivity contribution in [3.8, 4) is 5.75 Å². The van der Waals surface area contributed by atoms with Crippen LogP contribution in [-0.4, -0.2) is 16.6 Å². The molecule has 1 aromatic heterocycles. The Morgan fingerprint density at radius 2 is 1.71 bits per heavy atom. The van der Waals surface area contributed by atoms with E-state index in [2.05, 4.69) is 35.1 Å². The number of rotatable bonds is 7. The van der Waals surface area contributed by atoms with Crippen LogP contribution in [0.15, 0.2) is 48.5 Å². The molecule has 0 radical (unpaired) electrons. The van der Waals surface area contributed by atoms with Crippen LogP contribution in [0.3, 0.4) is 0 Å². The molecular weight excluding hydrogens is 298 g/mol. The normalized spacial score (nSPS) is 10.9. The maximum Gasteiger partial charge on any atom is 0.220 e. The number of ether oxygens (including phenoxy) is 1. The second kappa shape index (κ2) is 7.77. The number of anilines is 1. The Morgan fingerprint density at radius 1 is 0.917 bits per heavy atom. The summed E-state index contributed by atoms with van der Waals surface area (Å²) in [7, 11) is 0. The first-order chi connectivity index (χ1) is 11.7. The summed E-state index contributed by atoms with van der Waals surface area (Å²) >= 11 is 0. The minimum absolute atomic E-state index is 0.353. The van der Waals surface area contributed by atoms with Gasteiger partial charge in [-0.15, -0.1) is 0 Å². The lowest BCUT2D eigenvalue weighted by Crippen LogP contribution is -2.02. The van der Waals surface area contributed by atoms with Gasteiger partial charge in [-0.1, -0.05) is 35.9 Å². The van der Waals surface area contributed by atoms with Gasteiger partial charge < -0.3 is 10.5 Å². The molecular formula is C20H23N3O. The molecule has 1 heterocycles. The third-order valence-electron chi connectivity index (χ3n) is 4.05. The molecule has 24 heavy (non-hydrogen) atoms. The largest absolute Gasteiger partial charge is 0.494 e. The summed E-state index contributed by atoms with van der Waals surface area (Å²) in [5.41, 5.74) is 9.02. The van der Waals surface area contributed by atoms with Gasteiger partial charge in [0.25, 0.3) is 0 Å². The molecule has 4 nitrogen and oxygen atoms in total. The third-order valence-corrected chi connectivity index (χ3v) is 4.05. The summed E-state index contributed by atoms with van der Waals surface area (Å²) in [6.07, 6.45) is 4.12. The molecule has 0 bridgehead atoms. The number of aryl methyl sites for hydroxylation is 2. The van der Waals surface area contributed by atoms with Crippen LogP contribution in [-0.2, 0) is 6.42 Å². The highest BCUT2D eigenvalue weighted by Gasteiger charge is 2.05. The monoisotopic (exact) mass is 321 g/mol. The lowest BCUT2D eigenvalue weighted by molar-refractivity contribution is 0.305. The van der Waals surface area contributed by atoms with Gasteiger partial charge in [0.05, 0.1) is 17.8 Å². The van der Waals surface area contributed by atoms with Gasteiger partial charge >= 0.3 is 0 Å². The highest BCUT2D eigenvalue weighted by molar-refractivity contribution is 5.81. The van der Waals surface area contributed by atoms with Crippen molar-refractivity contribution in [2.45, 2.75) is 32.6 Å². The van der Waals surface area contributed by atoms with E-state index < -0.39 is 0 Å². The van der Waals surface area contributed by atoms with Gasteiger partial charge in [0.15, 0.2) is 0 Å². The number of nitrogens with two attached hydrogens (primary N) is 1. The summed E-state index contributed by atoms with van der Waals surface area (Å²) in [6, 6.07) is 16.2. The van der Waals surface area contributed by atoms with E-state index in [4.69, 9.17) is 10.5 Å². The molecule has 0 spiro atoms. The fourth-order valence-corrected chi connectivity index (χ4v) is 2.75. The van der Waals surface area contributed by atoms with Gasteiger partial charge in [-0.05, 0) is 50.8 Å². The number of aromatic nitrogens is 2. The number of nitrogens with zero attached hydrogens (tertiary/aromatic N) is 2. The molecule has 0 unspecified atom stereocenters. The Bertz CT molecular complexity index is 800. The van der Waals surface area contributed by atoms with Gasteiger partial charge in [0.2, 0.25) is 5.95 Å². The fourth-order valence-electron chi connectivity index (χ4n) is 2.75. The van der Waals surface area contributed by atoms with E-state index in [1.165, 1.54) is 5.56 Å². The van der Waals surface area contributed by atoms with Gasteiger partial charge in [0, 0.05) is 5.39 Å². The number of para-hydroxylation sites is 1. The summed E-state index contributed by atoms with van der Waals surface area (Å²) in [5.74, 6) is 1.29. The standard InChI is InChI=1S/C20H23N3O/c1-15-10-12-16(13-11-15)24-14-6-2-3-8-18-17-7-4-5-9-19(17)23-20(21)22-18/h4-5,7,9-13H,2-3,6,8,14H2,1H3,(H2,21,22,23). The molecule has 3 rings (SSSR count). The first-order valence-electron chi connectivity index (χ1n) is 8.43. The van der Waals surface area contributed by atoms with Crippen LogP contribution in [0.2, 0.25) is 0 Å². The van der Waals surface area contributed by atoms with Crippen molar-refractivity contribution in [3.05, 3.63) is 59.8 Å². The molecule has 0 fully saturated rings. The Balaban J connectivity index is 1.46. The van der Waals surface area contributed by atoms with E-state index in [-0.39, 0.29) is 0 Å². The summed E-state index contributed by atoms with van der Waals surface area (Å²) in [5, 5.41) is 1.10. The molecule has 0 aliphatic carbocycles. The first kappa shape index (κ1) is 16.2. The Labute approximate surface area is 142 Å². The molecule has 124 valence electrons. The van der Waals surface area contributed by atoms with E-state index in [0.717, 1.165) is 54.6 Å². The topological polar surface area (TPSA) is 61.0 Å². The van der Waals surface area contributed by atoms with Crippen molar-refractivity contribution >= 4 is 16.9 Å². The van der Waals surface area contributed by atoms with Gasteiger partial charge in [0.1, 0.15) is 5.75 Å². The second-order valence-corrected chi connectivity index (χ2v) is 6.02. The lowest BCUT2D eigenvalue weighted by atomic mass is 10.1. The van der Waals surface area contributed by atoms with Crippen LogP contribution in [0.4, 0.5) is 5.95 Å². The van der Waals surface area contributed by atoms with E-state index >= 15 is 0 Å². The average molecular weight is 321 g/mol. The molecule has 0 aliphatic rings. The molecule has 4 heteroatoms. The minimum atomic E-state index is 0.353. The Kier molecular flexibility index (Phi) is 5.26. The Hall–Kier alpha value is -2.62. The second-order valence-electron chi connectivity index (χ2n) is 6.02. The van der Waals surface area contributed by atoms with Crippen LogP contribution < -0.4 is 10.5 Å². The first-order valence-corrected chi connectivity index (χ1v) is 8.43. The van der Waals surface area contributed by atoms with E-state index in [1.54, 1.807) is 0 Å². The fraction of sp³-hybridized carbons (Fsp3) is 0.300. The van der Waals surface area contributed by atoms with Crippen LogP contribution in [0.5, 0.6) is 5.75 Å². The molecule has 0 aliphatic heterocycles. The maximum absolute atomic E-state index is 5.81. The molecule has 2 aromatic carbocycles. The smallest absolute Gasteiger partial charge is 0.220 e. The number of benzene rings is 2. The molecule has 0 atom stereocenters. The zero-order chi connectivity index (χ0) is 16.8. The Morgan fingerprint density at radius 3 is 2.54 bits per heavy atom. The number of hydrogen-bond acceptors (Lipinski definition) is 4. The minimum Gasteiger partial charge on any atom is -0.494 e. The number of unbranched alkanes of at least 4 members (excludes halogenated alkanes) is 2. The quantitative estimate of drug-likeness (QED) is 0.659. The van der Waals surface area contributed by atoms with Gasteiger partial charge in [-0.2, -0.15) is 0 Å². The van der Waals surface area contributed by atoms with Gasteiger partial charge in [-0.3, -0.25) is 0 Å². The van der Waals surface area contributed by atoms with Crippen molar-refractivity contribution in [1.82, 2.24) is 9.97 Å². The molecule has 2 N–H and O–H groups in total. The number of fused-ring (bicyclic) bond motifs is 1.